The number of para-hydroxylation sites is 2. The second-order valence-corrected chi connectivity index (χ2v) is 13.9. The van der Waals surface area contributed by atoms with Crippen LogP contribution in [0.5, 0.6) is 0 Å². The van der Waals surface area contributed by atoms with Gasteiger partial charge in [0.25, 0.3) is 0 Å². The van der Waals surface area contributed by atoms with Gasteiger partial charge in [-0.15, -0.1) is 0 Å². The molecule has 0 bridgehead atoms. The van der Waals surface area contributed by atoms with E-state index in [1.807, 2.05) is 0 Å². The molecule has 4 heteroatoms. The van der Waals surface area contributed by atoms with E-state index in [0.717, 1.165) is 72.2 Å². The highest BCUT2D eigenvalue weighted by molar-refractivity contribution is 6.28. The van der Waals surface area contributed by atoms with E-state index in [-0.39, 0.29) is 0 Å². The summed E-state index contributed by atoms with van der Waals surface area (Å²) < 4.78 is 4.63. The van der Waals surface area contributed by atoms with Crippen LogP contribution in [0, 0.1) is 0 Å². The Labute approximate surface area is 312 Å². The van der Waals surface area contributed by atoms with Crippen molar-refractivity contribution in [3.63, 3.8) is 0 Å². The lowest BCUT2D eigenvalue weighted by molar-refractivity contribution is 1.06. The molecule has 256 valence electrons. The first-order valence-corrected chi connectivity index (χ1v) is 18.4. The summed E-state index contributed by atoms with van der Waals surface area (Å²) >= 11 is 0. The number of hydrogen-bond acceptors (Lipinski definition) is 2. The van der Waals surface area contributed by atoms with Crippen LogP contribution in [0.2, 0.25) is 0 Å². The molecule has 10 rings (SSSR count). The van der Waals surface area contributed by atoms with Crippen molar-refractivity contribution in [1.29, 1.82) is 0 Å². The Balaban J connectivity index is 1.24. The third kappa shape index (κ3) is 4.84. The summed E-state index contributed by atoms with van der Waals surface area (Å²) in [6.45, 7) is 8.54. The predicted molar refractivity (Wildman–Crippen MR) is 227 cm³/mol. The minimum atomic E-state index is 0.864. The summed E-state index contributed by atoms with van der Waals surface area (Å²) in [4.78, 5) is 10.7. The van der Waals surface area contributed by atoms with Gasteiger partial charge in [0.1, 0.15) is 11.6 Å². The van der Waals surface area contributed by atoms with Crippen molar-refractivity contribution in [1.82, 2.24) is 19.1 Å². The Hall–Kier alpha value is -7.04. The molecule has 10 aromatic rings. The van der Waals surface area contributed by atoms with Crippen molar-refractivity contribution in [2.75, 3.05) is 0 Å². The molecule has 4 aromatic heterocycles. The summed E-state index contributed by atoms with van der Waals surface area (Å²) in [6, 6.07) is 58.0. The molecule has 0 amide bonds. The minimum Gasteiger partial charge on any atom is -0.294 e. The lowest BCUT2D eigenvalue weighted by atomic mass is 10.0. The molecule has 0 N–H and O–H groups in total. The zero-order valence-electron chi connectivity index (χ0n) is 30.2. The number of rotatable bonds is 5. The largest absolute Gasteiger partial charge is 0.294 e. The number of fused-ring (bicyclic) bond motifs is 8. The van der Waals surface area contributed by atoms with Gasteiger partial charge in [-0.1, -0.05) is 128 Å². The highest BCUT2D eigenvalue weighted by atomic mass is 15.1. The quantitative estimate of drug-likeness (QED) is 0.180. The number of pyridine rings is 2. The number of hydrogen-bond donors (Lipinski definition) is 0. The number of nitrogens with zero attached hydrogens (tertiary/aromatic N) is 4. The second kappa shape index (κ2) is 12.6. The fourth-order valence-electron chi connectivity index (χ4n) is 8.41. The van der Waals surface area contributed by atoms with Crippen LogP contribution in [-0.4, -0.2) is 19.1 Å². The first-order chi connectivity index (χ1) is 26.6. The van der Waals surface area contributed by atoms with E-state index in [0.29, 0.717) is 0 Å². The molecule has 0 radical (unpaired) electrons. The van der Waals surface area contributed by atoms with E-state index < -0.39 is 0 Å². The van der Waals surface area contributed by atoms with Crippen LogP contribution in [0.4, 0.5) is 0 Å². The molecule has 0 saturated heterocycles. The van der Waals surface area contributed by atoms with Crippen LogP contribution in [0.3, 0.4) is 0 Å². The van der Waals surface area contributed by atoms with Gasteiger partial charge in [-0.3, -0.25) is 9.13 Å². The average molecular weight is 693 g/mol. The summed E-state index contributed by atoms with van der Waals surface area (Å²) in [7, 11) is 0. The van der Waals surface area contributed by atoms with E-state index in [4.69, 9.17) is 9.97 Å². The monoisotopic (exact) mass is 692 g/mol. The molecular formula is C50H36N4. The van der Waals surface area contributed by atoms with Crippen molar-refractivity contribution in [2.24, 2.45) is 0 Å². The summed E-state index contributed by atoms with van der Waals surface area (Å²) in [5.41, 5.74) is 9.44. The van der Waals surface area contributed by atoms with Crippen LogP contribution in [-0.2, 0) is 0 Å². The molecule has 6 aromatic carbocycles. The number of aromatic nitrogens is 4. The Morgan fingerprint density at radius 3 is 1.76 bits per heavy atom. The van der Waals surface area contributed by atoms with Gasteiger partial charge < -0.3 is 0 Å². The molecule has 0 atom stereocenters. The van der Waals surface area contributed by atoms with Crippen LogP contribution < -0.4 is 10.4 Å². The van der Waals surface area contributed by atoms with Gasteiger partial charge in [0.15, 0.2) is 0 Å². The van der Waals surface area contributed by atoms with E-state index in [2.05, 4.69) is 199 Å². The summed E-state index contributed by atoms with van der Waals surface area (Å²) in [5.74, 6) is 1.75. The molecular weight excluding hydrogens is 657 g/mol. The number of allylic oxidation sites excluding steroid dienone is 1. The maximum absolute atomic E-state index is 5.38. The van der Waals surface area contributed by atoms with Gasteiger partial charge in [-0.2, -0.15) is 0 Å². The van der Waals surface area contributed by atoms with E-state index in [1.54, 1.807) is 0 Å². The van der Waals surface area contributed by atoms with E-state index in [9.17, 15) is 0 Å². The Bertz CT molecular complexity index is 3260. The van der Waals surface area contributed by atoms with Gasteiger partial charge in [0, 0.05) is 32.7 Å². The topological polar surface area (TPSA) is 35.6 Å². The molecule has 0 aliphatic carbocycles. The Morgan fingerprint density at radius 2 is 1.07 bits per heavy atom. The van der Waals surface area contributed by atoms with Crippen LogP contribution in [0.15, 0.2) is 176 Å². The zero-order valence-corrected chi connectivity index (χ0v) is 30.2. The van der Waals surface area contributed by atoms with Crippen molar-refractivity contribution in [3.05, 3.63) is 192 Å². The Kier molecular flexibility index (Phi) is 7.38. The predicted octanol–water partition coefficient (Wildman–Crippen LogP) is 11.1. The molecule has 54 heavy (non-hydrogen) atoms. The van der Waals surface area contributed by atoms with Gasteiger partial charge >= 0.3 is 0 Å². The van der Waals surface area contributed by atoms with Gasteiger partial charge in [0.05, 0.1) is 33.5 Å². The molecule has 0 saturated carbocycles. The molecule has 0 unspecified atom stereocenters. The fraction of sp³-hybridized carbons (Fsp3) is 0.0400. The second-order valence-electron chi connectivity index (χ2n) is 13.9. The molecule has 0 aliphatic rings. The van der Waals surface area contributed by atoms with Gasteiger partial charge in [-0.05, 0) is 89.2 Å². The van der Waals surface area contributed by atoms with E-state index >= 15 is 0 Å². The normalized spacial score (nSPS) is 12.7. The third-order valence-electron chi connectivity index (χ3n) is 10.7. The van der Waals surface area contributed by atoms with Crippen LogP contribution >= 0.6 is 0 Å². The highest BCUT2D eigenvalue weighted by Crippen LogP contribution is 2.42. The van der Waals surface area contributed by atoms with Crippen molar-refractivity contribution in [2.45, 2.75) is 13.8 Å². The maximum Gasteiger partial charge on any atom is 0.138 e. The highest BCUT2D eigenvalue weighted by Gasteiger charge is 2.22. The van der Waals surface area contributed by atoms with Crippen molar-refractivity contribution < 1.29 is 0 Å². The molecule has 4 heterocycles. The molecule has 0 aliphatic heterocycles. The molecule has 0 fully saturated rings. The molecule has 4 nitrogen and oxygen atoms in total. The lowest BCUT2D eigenvalue weighted by Gasteiger charge is -2.12. The maximum atomic E-state index is 5.38. The SMILES string of the molecule is C=C(C)/C(c1cccc(-n2c3ccccc3c3c4c5ccccc5n(-c5cccc(-c6cccc7ccccc67)n5)c4ccc32)n1)=c1/cccc/c1=C/C. The van der Waals surface area contributed by atoms with E-state index in [1.165, 1.54) is 32.3 Å². The third-order valence-corrected chi connectivity index (χ3v) is 10.7. The zero-order chi connectivity index (χ0) is 36.3. The van der Waals surface area contributed by atoms with Crippen LogP contribution in [0.1, 0.15) is 19.5 Å². The smallest absolute Gasteiger partial charge is 0.138 e. The first kappa shape index (κ1) is 31.7. The standard InChI is InChI=1S/C50H36N4/c1-4-33-16-5-8-20-36(33)48(32(2)3)41-25-15-29-47(52-41)54-43-27-12-10-22-39(43)50-45(54)31-30-44-49(50)38-21-9-11-26-42(38)53(44)46-28-14-24-40(51-46)37-23-13-18-34-17-6-7-19-35(34)37/h4-31H,2H2,1,3H3/b33-4-,48-36+. The number of benzene rings is 6. The average Bonchev–Trinajstić information content (AvgIpc) is 3.74. The fourth-order valence-corrected chi connectivity index (χ4v) is 8.41. The van der Waals surface area contributed by atoms with Crippen LogP contribution in [0.25, 0.3) is 88.9 Å². The molecule has 0 spiro atoms. The summed E-state index contributed by atoms with van der Waals surface area (Å²) in [5, 5.41) is 9.46. The van der Waals surface area contributed by atoms with Crippen molar-refractivity contribution in [3.8, 4) is 22.9 Å². The minimum absolute atomic E-state index is 0.864. The Morgan fingerprint density at radius 1 is 0.519 bits per heavy atom. The van der Waals surface area contributed by atoms with Crippen molar-refractivity contribution >= 4 is 66.0 Å². The summed E-state index contributed by atoms with van der Waals surface area (Å²) in [6.07, 6.45) is 2.15. The lowest BCUT2D eigenvalue weighted by Crippen LogP contribution is -2.27. The first-order valence-electron chi connectivity index (χ1n) is 18.4. The van der Waals surface area contributed by atoms with Gasteiger partial charge in [0.2, 0.25) is 0 Å². The van der Waals surface area contributed by atoms with Gasteiger partial charge in [-0.25, -0.2) is 9.97 Å².